The van der Waals surface area contributed by atoms with Crippen LogP contribution in [0.3, 0.4) is 0 Å². The zero-order valence-corrected chi connectivity index (χ0v) is 17.9. The number of nitrogens with one attached hydrogen (secondary N) is 2. The molecule has 0 saturated carbocycles. The van der Waals surface area contributed by atoms with Crippen LogP contribution in [0.25, 0.3) is 17.1 Å². The van der Waals surface area contributed by atoms with E-state index in [9.17, 15) is 4.79 Å². The SMILES string of the molecule is COc1ccc(-c2nc(NC(=O)c3cccc(-n4ccnc4SC)c3)n[nH]2)c(OC)c1. The van der Waals surface area contributed by atoms with Gasteiger partial charge in [-0.3, -0.25) is 19.8 Å². The summed E-state index contributed by atoms with van der Waals surface area (Å²) in [6.45, 7) is 0. The number of amides is 1. The Balaban J connectivity index is 1.55. The van der Waals surface area contributed by atoms with Gasteiger partial charge in [-0.2, -0.15) is 4.98 Å². The van der Waals surface area contributed by atoms with Gasteiger partial charge in [0.2, 0.25) is 5.95 Å². The molecule has 0 fully saturated rings. The first-order valence-electron chi connectivity index (χ1n) is 9.27. The average molecular weight is 436 g/mol. The Kier molecular flexibility index (Phi) is 5.89. The topological polar surface area (TPSA) is 107 Å². The molecule has 9 nitrogen and oxygen atoms in total. The number of carbonyl (C=O) groups excluding carboxylic acids is 1. The highest BCUT2D eigenvalue weighted by molar-refractivity contribution is 7.98. The lowest BCUT2D eigenvalue weighted by Gasteiger charge is -2.08. The summed E-state index contributed by atoms with van der Waals surface area (Å²) in [5, 5.41) is 10.5. The Morgan fingerprint density at radius 2 is 2.03 bits per heavy atom. The van der Waals surface area contributed by atoms with Crippen molar-refractivity contribution in [1.29, 1.82) is 0 Å². The average Bonchev–Trinajstić information content (AvgIpc) is 3.48. The van der Waals surface area contributed by atoms with Crippen LogP contribution in [0.2, 0.25) is 0 Å². The Morgan fingerprint density at radius 1 is 1.16 bits per heavy atom. The predicted octanol–water partition coefficient (Wildman–Crippen LogP) is 3.65. The lowest BCUT2D eigenvalue weighted by atomic mass is 10.2. The van der Waals surface area contributed by atoms with E-state index >= 15 is 0 Å². The van der Waals surface area contributed by atoms with Gasteiger partial charge in [0.1, 0.15) is 11.5 Å². The van der Waals surface area contributed by atoms with Crippen LogP contribution in [-0.4, -0.2) is 51.1 Å². The molecule has 0 saturated heterocycles. The standard InChI is InChI=1S/C21H20N6O3S/c1-29-15-7-8-16(17(12-15)30-2)18-23-20(26-25-18)24-19(28)13-5-4-6-14(11-13)27-10-9-22-21(27)31-3/h4-12H,1-3H3,(H2,23,24,25,26,28). The maximum absolute atomic E-state index is 12.8. The van der Waals surface area contributed by atoms with E-state index in [0.29, 0.717) is 28.5 Å². The summed E-state index contributed by atoms with van der Waals surface area (Å²) in [5.74, 6) is 1.55. The zero-order valence-electron chi connectivity index (χ0n) is 17.1. The van der Waals surface area contributed by atoms with Gasteiger partial charge in [-0.15, -0.1) is 5.10 Å². The Bertz CT molecular complexity index is 1220. The number of aromatic nitrogens is 5. The number of imidazole rings is 1. The van der Waals surface area contributed by atoms with E-state index in [0.717, 1.165) is 10.8 Å². The number of hydrogen-bond donors (Lipinski definition) is 2. The van der Waals surface area contributed by atoms with Crippen LogP contribution in [0, 0.1) is 0 Å². The minimum absolute atomic E-state index is 0.163. The van der Waals surface area contributed by atoms with E-state index in [2.05, 4.69) is 25.5 Å². The van der Waals surface area contributed by atoms with Crippen molar-refractivity contribution in [3.63, 3.8) is 0 Å². The fourth-order valence-electron chi connectivity index (χ4n) is 3.04. The highest BCUT2D eigenvalue weighted by Gasteiger charge is 2.15. The number of anilines is 1. The predicted molar refractivity (Wildman–Crippen MR) is 118 cm³/mol. The molecule has 0 spiro atoms. The quantitative estimate of drug-likeness (QED) is 0.426. The Morgan fingerprint density at radius 3 is 2.81 bits per heavy atom. The second-order valence-electron chi connectivity index (χ2n) is 6.36. The number of aromatic amines is 1. The Labute approximate surface area is 182 Å². The summed E-state index contributed by atoms with van der Waals surface area (Å²) in [5.41, 5.74) is 2.02. The minimum Gasteiger partial charge on any atom is -0.497 e. The van der Waals surface area contributed by atoms with Crippen LogP contribution in [0.1, 0.15) is 10.4 Å². The van der Waals surface area contributed by atoms with Crippen LogP contribution < -0.4 is 14.8 Å². The molecule has 0 unspecified atom stereocenters. The zero-order chi connectivity index (χ0) is 21.8. The van der Waals surface area contributed by atoms with Crippen molar-refractivity contribution in [2.45, 2.75) is 5.16 Å². The Hall–Kier alpha value is -3.79. The number of nitrogens with zero attached hydrogens (tertiary/aromatic N) is 4. The number of carbonyl (C=O) groups is 1. The number of ether oxygens (including phenoxy) is 2. The molecule has 0 aliphatic rings. The third-order valence-electron chi connectivity index (χ3n) is 4.55. The maximum Gasteiger partial charge on any atom is 0.258 e. The molecule has 158 valence electrons. The molecule has 0 radical (unpaired) electrons. The number of methoxy groups -OCH3 is 2. The number of rotatable bonds is 7. The molecule has 4 aromatic rings. The summed E-state index contributed by atoms with van der Waals surface area (Å²) in [6, 6.07) is 12.6. The van der Waals surface area contributed by atoms with Gasteiger partial charge in [-0.25, -0.2) is 4.98 Å². The normalized spacial score (nSPS) is 10.7. The van der Waals surface area contributed by atoms with Crippen molar-refractivity contribution in [1.82, 2.24) is 24.7 Å². The van der Waals surface area contributed by atoms with Gasteiger partial charge in [0.25, 0.3) is 5.91 Å². The fourth-order valence-corrected chi connectivity index (χ4v) is 3.57. The smallest absolute Gasteiger partial charge is 0.258 e. The number of benzene rings is 2. The van der Waals surface area contributed by atoms with E-state index in [-0.39, 0.29) is 11.9 Å². The van der Waals surface area contributed by atoms with Crippen molar-refractivity contribution in [2.24, 2.45) is 0 Å². The van der Waals surface area contributed by atoms with Gasteiger partial charge >= 0.3 is 0 Å². The molecule has 2 N–H and O–H groups in total. The first-order chi connectivity index (χ1) is 15.1. The van der Waals surface area contributed by atoms with Crippen molar-refractivity contribution in [2.75, 3.05) is 25.8 Å². The first kappa shape index (κ1) is 20.5. The maximum atomic E-state index is 12.8. The van der Waals surface area contributed by atoms with Crippen molar-refractivity contribution in [3.8, 4) is 28.6 Å². The first-order valence-corrected chi connectivity index (χ1v) is 10.5. The highest BCUT2D eigenvalue weighted by atomic mass is 32.2. The molecule has 4 rings (SSSR count). The number of hydrogen-bond acceptors (Lipinski definition) is 7. The van der Waals surface area contributed by atoms with Gasteiger partial charge in [-0.05, 0) is 36.6 Å². The molecule has 2 heterocycles. The molecule has 2 aromatic heterocycles. The summed E-state index contributed by atoms with van der Waals surface area (Å²) in [6.07, 6.45) is 5.53. The molecule has 1 amide bonds. The third kappa shape index (κ3) is 4.24. The lowest BCUT2D eigenvalue weighted by molar-refractivity contribution is 0.102. The van der Waals surface area contributed by atoms with E-state index in [4.69, 9.17) is 9.47 Å². The molecule has 0 atom stereocenters. The van der Waals surface area contributed by atoms with Crippen LogP contribution in [0.5, 0.6) is 11.5 Å². The van der Waals surface area contributed by atoms with E-state index in [1.165, 1.54) is 11.8 Å². The number of H-pyrrole nitrogens is 1. The second-order valence-corrected chi connectivity index (χ2v) is 7.14. The van der Waals surface area contributed by atoms with Crippen molar-refractivity contribution in [3.05, 3.63) is 60.4 Å². The molecule has 31 heavy (non-hydrogen) atoms. The third-order valence-corrected chi connectivity index (χ3v) is 5.22. The molecular formula is C21H20N6O3S. The summed E-state index contributed by atoms with van der Waals surface area (Å²) >= 11 is 1.53. The summed E-state index contributed by atoms with van der Waals surface area (Å²) in [4.78, 5) is 21.4. The fraction of sp³-hybridized carbons (Fsp3) is 0.143. The van der Waals surface area contributed by atoms with E-state index in [1.807, 2.05) is 35.2 Å². The largest absolute Gasteiger partial charge is 0.497 e. The van der Waals surface area contributed by atoms with E-state index in [1.54, 1.807) is 44.7 Å². The second kappa shape index (κ2) is 8.92. The van der Waals surface area contributed by atoms with Crippen LogP contribution >= 0.6 is 11.8 Å². The monoisotopic (exact) mass is 436 g/mol. The molecule has 0 aliphatic carbocycles. The molecule has 0 aliphatic heterocycles. The summed E-state index contributed by atoms with van der Waals surface area (Å²) in [7, 11) is 3.15. The van der Waals surface area contributed by atoms with Gasteiger partial charge < -0.3 is 9.47 Å². The molecule has 10 heteroatoms. The van der Waals surface area contributed by atoms with Crippen LogP contribution in [0.15, 0.2) is 60.0 Å². The summed E-state index contributed by atoms with van der Waals surface area (Å²) < 4.78 is 12.5. The van der Waals surface area contributed by atoms with E-state index < -0.39 is 0 Å². The van der Waals surface area contributed by atoms with Gasteiger partial charge in [0, 0.05) is 29.7 Å². The van der Waals surface area contributed by atoms with Gasteiger partial charge in [0.05, 0.1) is 19.8 Å². The lowest BCUT2D eigenvalue weighted by Crippen LogP contribution is -2.13. The highest BCUT2D eigenvalue weighted by Crippen LogP contribution is 2.31. The van der Waals surface area contributed by atoms with Crippen molar-refractivity contribution >= 4 is 23.6 Å². The minimum atomic E-state index is -0.320. The van der Waals surface area contributed by atoms with Gasteiger partial charge in [0.15, 0.2) is 11.0 Å². The van der Waals surface area contributed by atoms with Gasteiger partial charge in [-0.1, -0.05) is 17.8 Å². The molecule has 2 aromatic carbocycles. The van der Waals surface area contributed by atoms with Crippen LogP contribution in [0.4, 0.5) is 5.95 Å². The number of thioether (sulfide) groups is 1. The van der Waals surface area contributed by atoms with Crippen molar-refractivity contribution < 1.29 is 14.3 Å². The van der Waals surface area contributed by atoms with Crippen LogP contribution in [-0.2, 0) is 0 Å². The molecule has 0 bridgehead atoms. The molecular weight excluding hydrogens is 416 g/mol.